The highest BCUT2D eigenvalue weighted by molar-refractivity contribution is 6.00. The highest BCUT2D eigenvalue weighted by Gasteiger charge is 2.31. The van der Waals surface area contributed by atoms with Gasteiger partial charge in [0.2, 0.25) is 11.8 Å². The van der Waals surface area contributed by atoms with Crippen LogP contribution in [0.15, 0.2) is 23.0 Å². The quantitative estimate of drug-likeness (QED) is 0.405. The number of benzene rings is 1. The lowest BCUT2D eigenvalue weighted by Crippen LogP contribution is -2.44. The first-order valence-corrected chi connectivity index (χ1v) is 10.4. The number of carbonyl (C=O) groups is 3. The van der Waals surface area contributed by atoms with E-state index < -0.39 is 23.5 Å². The summed E-state index contributed by atoms with van der Waals surface area (Å²) in [5.41, 5.74) is 1.58. The van der Waals surface area contributed by atoms with Crippen molar-refractivity contribution in [2.75, 3.05) is 13.2 Å². The number of hydrogen-bond donors (Lipinski definition) is 1. The van der Waals surface area contributed by atoms with Crippen molar-refractivity contribution < 1.29 is 23.9 Å². The summed E-state index contributed by atoms with van der Waals surface area (Å²) >= 11 is 0. The van der Waals surface area contributed by atoms with E-state index >= 15 is 0 Å². The molecule has 1 saturated heterocycles. The van der Waals surface area contributed by atoms with Gasteiger partial charge in [-0.2, -0.15) is 0 Å². The Morgan fingerprint density at radius 2 is 1.94 bits per heavy atom. The van der Waals surface area contributed by atoms with Crippen LogP contribution in [0.4, 0.5) is 0 Å². The van der Waals surface area contributed by atoms with Crippen LogP contribution in [-0.4, -0.2) is 45.7 Å². The molecule has 9 nitrogen and oxygen atoms in total. The van der Waals surface area contributed by atoms with Crippen molar-refractivity contribution in [1.29, 1.82) is 0 Å². The molecule has 1 atom stereocenters. The molecule has 1 aliphatic heterocycles. The second-order valence-electron chi connectivity index (χ2n) is 8.74. The maximum atomic E-state index is 12.8. The molecule has 3 rings (SSSR count). The van der Waals surface area contributed by atoms with Crippen LogP contribution in [0.25, 0.3) is 11.0 Å². The van der Waals surface area contributed by atoms with Crippen molar-refractivity contribution in [3.05, 3.63) is 34.2 Å². The molecule has 0 saturated carbocycles. The van der Waals surface area contributed by atoms with Gasteiger partial charge >= 0.3 is 11.7 Å². The number of imidazole rings is 1. The summed E-state index contributed by atoms with van der Waals surface area (Å²) in [6.07, 6.45) is 1.93. The van der Waals surface area contributed by atoms with Crippen LogP contribution < -0.4 is 11.0 Å². The molecule has 1 aromatic carbocycles. The minimum atomic E-state index is -0.694. The van der Waals surface area contributed by atoms with Crippen LogP contribution in [-0.2, 0) is 37.3 Å². The number of esters is 1. The van der Waals surface area contributed by atoms with Crippen LogP contribution in [0.1, 0.15) is 51.6 Å². The van der Waals surface area contributed by atoms with Crippen molar-refractivity contribution in [3.8, 4) is 0 Å². The second kappa shape index (κ2) is 9.05. The van der Waals surface area contributed by atoms with Crippen molar-refractivity contribution >= 4 is 28.8 Å². The van der Waals surface area contributed by atoms with Crippen molar-refractivity contribution in [1.82, 2.24) is 14.5 Å². The summed E-state index contributed by atoms with van der Waals surface area (Å²) in [5.74, 6) is -1.15. The minimum Gasteiger partial charge on any atom is -0.458 e. The molecule has 1 aliphatic rings. The Bertz CT molecular complexity index is 1060. The number of aromatic nitrogens is 2. The Morgan fingerprint density at radius 3 is 2.61 bits per heavy atom. The molecule has 1 N–H and O–H groups in total. The molecule has 0 bridgehead atoms. The first-order valence-electron chi connectivity index (χ1n) is 10.4. The Labute approximate surface area is 180 Å². The summed E-state index contributed by atoms with van der Waals surface area (Å²) in [6, 6.07) is 4.98. The van der Waals surface area contributed by atoms with Gasteiger partial charge in [-0.25, -0.2) is 9.59 Å². The third kappa shape index (κ3) is 5.41. The lowest BCUT2D eigenvalue weighted by molar-refractivity contribution is -0.160. The molecule has 31 heavy (non-hydrogen) atoms. The molecule has 2 heterocycles. The number of piperidine rings is 1. The van der Waals surface area contributed by atoms with Crippen LogP contribution in [0.3, 0.4) is 0 Å². The number of rotatable bonds is 7. The van der Waals surface area contributed by atoms with E-state index in [2.05, 4.69) is 5.32 Å². The summed E-state index contributed by atoms with van der Waals surface area (Å²) in [5, 5.41) is 2.31. The van der Waals surface area contributed by atoms with Crippen molar-refractivity contribution in [2.24, 2.45) is 7.05 Å². The summed E-state index contributed by atoms with van der Waals surface area (Å²) < 4.78 is 13.6. The third-order valence-electron chi connectivity index (χ3n) is 5.07. The average Bonchev–Trinajstić information content (AvgIpc) is 2.91. The van der Waals surface area contributed by atoms with E-state index in [1.54, 1.807) is 7.05 Å². The lowest BCUT2D eigenvalue weighted by atomic mass is 10.1. The Balaban J connectivity index is 1.64. The molecule has 0 radical (unpaired) electrons. The van der Waals surface area contributed by atoms with Gasteiger partial charge in [0.1, 0.15) is 18.2 Å². The average molecular weight is 431 g/mol. The maximum absolute atomic E-state index is 12.8. The summed E-state index contributed by atoms with van der Waals surface area (Å²) in [6.45, 7) is 5.75. The number of carbonyl (C=O) groups excluding carboxylic acids is 3. The van der Waals surface area contributed by atoms with Gasteiger partial charge in [0.15, 0.2) is 0 Å². The van der Waals surface area contributed by atoms with E-state index in [4.69, 9.17) is 9.47 Å². The molecule has 1 aromatic heterocycles. The van der Waals surface area contributed by atoms with Gasteiger partial charge in [0.05, 0.1) is 11.0 Å². The monoisotopic (exact) mass is 431 g/mol. The molecule has 168 valence electrons. The molecule has 9 heteroatoms. The topological polar surface area (TPSA) is 109 Å². The molecule has 2 aromatic rings. The smallest absolute Gasteiger partial charge is 0.332 e. The van der Waals surface area contributed by atoms with Crippen LogP contribution >= 0.6 is 0 Å². The molecular formula is C22H29N3O6. The largest absolute Gasteiger partial charge is 0.458 e. The van der Waals surface area contributed by atoms with Gasteiger partial charge in [0, 0.05) is 20.1 Å². The van der Waals surface area contributed by atoms with E-state index in [0.29, 0.717) is 31.4 Å². The summed E-state index contributed by atoms with van der Waals surface area (Å²) in [4.78, 5) is 48.1. The number of ether oxygens (including phenoxy) is 2. The fourth-order valence-electron chi connectivity index (χ4n) is 3.70. The zero-order chi connectivity index (χ0) is 22.8. The summed E-state index contributed by atoms with van der Waals surface area (Å²) in [7, 11) is 1.67. The molecule has 1 fully saturated rings. The lowest BCUT2D eigenvalue weighted by Gasteiger charge is -2.21. The number of hydrogen-bond acceptors (Lipinski definition) is 6. The zero-order valence-electron chi connectivity index (χ0n) is 18.4. The number of nitrogens with zero attached hydrogens (tertiary/aromatic N) is 2. The molecular weight excluding hydrogens is 402 g/mol. The van der Waals surface area contributed by atoms with Crippen molar-refractivity contribution in [2.45, 2.75) is 58.1 Å². The fourth-order valence-corrected chi connectivity index (χ4v) is 3.70. The molecule has 1 unspecified atom stereocenters. The van der Waals surface area contributed by atoms with Gasteiger partial charge in [-0.05, 0) is 57.7 Å². The van der Waals surface area contributed by atoms with E-state index in [1.807, 2.05) is 39.0 Å². The van der Waals surface area contributed by atoms with E-state index in [1.165, 1.54) is 9.13 Å². The van der Waals surface area contributed by atoms with Crippen LogP contribution in [0.2, 0.25) is 0 Å². The molecule has 2 amide bonds. The Morgan fingerprint density at radius 1 is 1.19 bits per heavy atom. The van der Waals surface area contributed by atoms with Gasteiger partial charge in [-0.15, -0.1) is 0 Å². The second-order valence-corrected chi connectivity index (χ2v) is 8.74. The Kier molecular flexibility index (Phi) is 6.64. The Hall–Kier alpha value is -2.94. The van der Waals surface area contributed by atoms with Gasteiger partial charge in [-0.1, -0.05) is 6.07 Å². The normalized spacial score (nSPS) is 17.1. The SMILES string of the molecule is Cn1c(=O)n(C2CCC(=O)NC2=O)c2ccc(CCCOCC(=O)OC(C)(C)C)cc21. The number of nitrogens with one attached hydrogen (secondary N) is 1. The first kappa shape index (κ1) is 22.7. The van der Waals surface area contributed by atoms with Crippen molar-refractivity contribution in [3.63, 3.8) is 0 Å². The molecule has 0 aliphatic carbocycles. The molecule has 0 spiro atoms. The highest BCUT2D eigenvalue weighted by atomic mass is 16.6. The van der Waals surface area contributed by atoms with Gasteiger partial charge < -0.3 is 9.47 Å². The zero-order valence-corrected chi connectivity index (χ0v) is 18.4. The van der Waals surface area contributed by atoms with Gasteiger partial charge in [0.25, 0.3) is 0 Å². The standard InChI is InChI=1S/C22H29N3O6/c1-22(2,3)31-19(27)13-30-11-5-6-14-7-8-15-17(12-14)24(4)21(29)25(15)16-9-10-18(26)23-20(16)28/h7-8,12,16H,5-6,9-11,13H2,1-4H3,(H,23,26,28). The number of imide groups is 1. The number of fused-ring (bicyclic) bond motifs is 1. The number of aryl methyl sites for hydroxylation is 2. The predicted molar refractivity (Wildman–Crippen MR) is 114 cm³/mol. The highest BCUT2D eigenvalue weighted by Crippen LogP contribution is 2.24. The first-order chi connectivity index (χ1) is 14.6. The van der Waals surface area contributed by atoms with E-state index in [-0.39, 0.29) is 24.6 Å². The van der Waals surface area contributed by atoms with E-state index in [9.17, 15) is 19.2 Å². The van der Waals surface area contributed by atoms with Crippen LogP contribution in [0, 0.1) is 0 Å². The van der Waals surface area contributed by atoms with Gasteiger partial charge in [-0.3, -0.25) is 24.0 Å². The third-order valence-corrected chi connectivity index (χ3v) is 5.07. The van der Waals surface area contributed by atoms with E-state index in [0.717, 1.165) is 11.1 Å². The number of amides is 2. The van der Waals surface area contributed by atoms with Crippen LogP contribution in [0.5, 0.6) is 0 Å². The fraction of sp³-hybridized carbons (Fsp3) is 0.545. The maximum Gasteiger partial charge on any atom is 0.332 e. The minimum absolute atomic E-state index is 0.0837. The predicted octanol–water partition coefficient (Wildman–Crippen LogP) is 1.61.